The maximum Gasteiger partial charge on any atom is 0.416 e. The monoisotopic (exact) mass is 388 g/mol. The maximum absolute atomic E-state index is 12.0. The highest BCUT2D eigenvalue weighted by Gasteiger charge is 2.30. The SMILES string of the molecule is N=Cc1cc(Br)ccc1O.NC(=O)c1ccc(C(F)(F)F)cc1. The number of primary amides is 1. The summed E-state index contributed by atoms with van der Waals surface area (Å²) >= 11 is 3.22. The van der Waals surface area contributed by atoms with Crippen molar-refractivity contribution in [3.8, 4) is 5.75 Å². The van der Waals surface area contributed by atoms with Gasteiger partial charge in [0.05, 0.1) is 5.56 Å². The largest absolute Gasteiger partial charge is 0.507 e. The van der Waals surface area contributed by atoms with Crippen molar-refractivity contribution in [2.24, 2.45) is 5.73 Å². The molecule has 0 spiro atoms. The number of alkyl halides is 3. The Kier molecular flexibility index (Phi) is 6.32. The Labute approximate surface area is 138 Å². The molecule has 0 heterocycles. The number of hydrogen-bond donors (Lipinski definition) is 3. The van der Waals surface area contributed by atoms with E-state index < -0.39 is 17.6 Å². The summed E-state index contributed by atoms with van der Waals surface area (Å²) < 4.78 is 36.9. The summed E-state index contributed by atoms with van der Waals surface area (Å²) in [6, 6.07) is 8.69. The van der Waals surface area contributed by atoms with Crippen LogP contribution in [-0.4, -0.2) is 17.2 Å². The molecule has 4 N–H and O–H groups in total. The highest BCUT2D eigenvalue weighted by molar-refractivity contribution is 9.10. The minimum absolute atomic E-state index is 0.0630. The van der Waals surface area contributed by atoms with E-state index in [2.05, 4.69) is 15.9 Å². The molecule has 0 saturated carbocycles. The van der Waals surface area contributed by atoms with E-state index in [4.69, 9.17) is 16.2 Å². The molecule has 0 bridgehead atoms. The predicted octanol–water partition coefficient (Wildman–Crippen LogP) is 3.96. The first-order chi connectivity index (χ1) is 10.6. The first-order valence-corrected chi connectivity index (χ1v) is 6.90. The number of hydrogen-bond acceptors (Lipinski definition) is 3. The van der Waals surface area contributed by atoms with Crippen LogP contribution in [0.3, 0.4) is 0 Å². The number of carbonyl (C=O) groups is 1. The molecule has 0 fully saturated rings. The van der Waals surface area contributed by atoms with Gasteiger partial charge in [-0.15, -0.1) is 0 Å². The lowest BCUT2D eigenvalue weighted by atomic mass is 10.1. The minimum Gasteiger partial charge on any atom is -0.507 e. The molecule has 2 rings (SSSR count). The zero-order valence-electron chi connectivity index (χ0n) is 11.6. The Morgan fingerprint density at radius 2 is 1.74 bits per heavy atom. The van der Waals surface area contributed by atoms with Gasteiger partial charge < -0.3 is 16.2 Å². The van der Waals surface area contributed by atoms with Crippen LogP contribution >= 0.6 is 15.9 Å². The lowest BCUT2D eigenvalue weighted by Crippen LogP contribution is -2.11. The maximum atomic E-state index is 12.0. The van der Waals surface area contributed by atoms with Gasteiger partial charge >= 0.3 is 6.18 Å². The second-order valence-corrected chi connectivity index (χ2v) is 5.20. The number of halogens is 4. The van der Waals surface area contributed by atoms with Gasteiger partial charge in [0.25, 0.3) is 0 Å². The second kappa shape index (κ2) is 7.77. The van der Waals surface area contributed by atoms with Crippen LogP contribution in [0.2, 0.25) is 0 Å². The molecule has 0 aliphatic carbocycles. The van der Waals surface area contributed by atoms with Crippen LogP contribution in [0.4, 0.5) is 13.2 Å². The average molecular weight is 389 g/mol. The van der Waals surface area contributed by atoms with Crippen LogP contribution in [0.15, 0.2) is 46.9 Å². The smallest absolute Gasteiger partial charge is 0.416 e. The summed E-state index contributed by atoms with van der Waals surface area (Å²) in [5.41, 5.74) is 4.64. The predicted molar refractivity (Wildman–Crippen MR) is 83.7 cm³/mol. The first-order valence-electron chi connectivity index (χ1n) is 6.11. The van der Waals surface area contributed by atoms with Crippen molar-refractivity contribution in [1.29, 1.82) is 5.41 Å². The van der Waals surface area contributed by atoms with Gasteiger partial charge in [-0.25, -0.2) is 0 Å². The lowest BCUT2D eigenvalue weighted by Gasteiger charge is -2.05. The Morgan fingerprint density at radius 3 is 2.13 bits per heavy atom. The number of carbonyl (C=O) groups excluding carboxylic acids is 1. The van der Waals surface area contributed by atoms with E-state index in [1.165, 1.54) is 0 Å². The van der Waals surface area contributed by atoms with Crippen LogP contribution in [0.5, 0.6) is 5.75 Å². The van der Waals surface area contributed by atoms with Gasteiger partial charge in [-0.05, 0) is 42.5 Å². The fourth-order valence-electron chi connectivity index (χ4n) is 1.46. The van der Waals surface area contributed by atoms with Gasteiger partial charge in [0.1, 0.15) is 5.75 Å². The minimum atomic E-state index is -4.38. The third kappa shape index (κ3) is 5.74. The summed E-state index contributed by atoms with van der Waals surface area (Å²) in [4.78, 5) is 10.5. The van der Waals surface area contributed by atoms with Gasteiger partial charge in [-0.2, -0.15) is 13.2 Å². The molecule has 23 heavy (non-hydrogen) atoms. The first kappa shape index (κ1) is 18.7. The highest BCUT2D eigenvalue weighted by atomic mass is 79.9. The van der Waals surface area contributed by atoms with Crippen molar-refractivity contribution in [2.45, 2.75) is 6.18 Å². The van der Waals surface area contributed by atoms with E-state index in [1.54, 1.807) is 18.2 Å². The number of aromatic hydroxyl groups is 1. The summed E-state index contributed by atoms with van der Waals surface area (Å²) in [5, 5.41) is 15.9. The second-order valence-electron chi connectivity index (χ2n) is 4.29. The summed E-state index contributed by atoms with van der Waals surface area (Å²) in [5.74, 6) is -0.605. The Morgan fingerprint density at radius 1 is 1.17 bits per heavy atom. The Balaban J connectivity index is 0.000000238. The molecule has 1 amide bonds. The fourth-order valence-corrected chi connectivity index (χ4v) is 1.84. The molecule has 8 heteroatoms. The van der Waals surface area contributed by atoms with Crippen LogP contribution in [0.25, 0.3) is 0 Å². The molecule has 4 nitrogen and oxygen atoms in total. The summed E-state index contributed by atoms with van der Waals surface area (Å²) in [6.07, 6.45) is -3.27. The average Bonchev–Trinajstić information content (AvgIpc) is 2.49. The molecule has 0 aliphatic rings. The van der Waals surface area contributed by atoms with Crippen LogP contribution in [0.1, 0.15) is 21.5 Å². The standard InChI is InChI=1S/C8H6F3NO.C7H6BrNO/c9-8(10,11)6-3-1-5(2-4-6)7(12)13;8-6-1-2-7(10)5(3-6)4-9/h1-4H,(H2,12,13);1-4,9-10H. The van der Waals surface area contributed by atoms with Crippen molar-refractivity contribution in [3.63, 3.8) is 0 Å². The summed E-state index contributed by atoms with van der Waals surface area (Å²) in [7, 11) is 0. The number of benzene rings is 2. The normalized spacial score (nSPS) is 10.4. The molecule has 0 radical (unpaired) electrons. The van der Waals surface area contributed by atoms with Gasteiger partial charge in [0.15, 0.2) is 0 Å². The van der Waals surface area contributed by atoms with Gasteiger partial charge in [0, 0.05) is 21.8 Å². The molecule has 0 saturated heterocycles. The molecule has 0 unspecified atom stereocenters. The number of rotatable bonds is 2. The van der Waals surface area contributed by atoms with Crippen LogP contribution in [0, 0.1) is 5.41 Å². The van der Waals surface area contributed by atoms with Crippen molar-refractivity contribution in [3.05, 3.63) is 63.6 Å². The van der Waals surface area contributed by atoms with Gasteiger partial charge in [-0.3, -0.25) is 4.79 Å². The molecule has 122 valence electrons. The third-order valence-electron chi connectivity index (χ3n) is 2.64. The fraction of sp³-hybridized carbons (Fsp3) is 0.0667. The van der Waals surface area contributed by atoms with Crippen molar-refractivity contribution < 1.29 is 23.1 Å². The topological polar surface area (TPSA) is 87.2 Å². The van der Waals surface area contributed by atoms with Gasteiger partial charge in [-0.1, -0.05) is 15.9 Å². The van der Waals surface area contributed by atoms with E-state index in [9.17, 15) is 18.0 Å². The molecule has 0 aliphatic heterocycles. The zero-order chi connectivity index (χ0) is 17.6. The molecule has 0 aromatic heterocycles. The van der Waals surface area contributed by atoms with Crippen LogP contribution < -0.4 is 5.73 Å². The van der Waals surface area contributed by atoms with E-state index in [0.29, 0.717) is 5.56 Å². The molecular formula is C15H12BrF3N2O2. The molecule has 2 aromatic rings. The molecular weight excluding hydrogens is 377 g/mol. The lowest BCUT2D eigenvalue weighted by molar-refractivity contribution is -0.137. The third-order valence-corrected chi connectivity index (χ3v) is 3.14. The van der Waals surface area contributed by atoms with Crippen molar-refractivity contribution >= 4 is 28.1 Å². The van der Waals surface area contributed by atoms with Crippen molar-refractivity contribution in [2.75, 3.05) is 0 Å². The van der Waals surface area contributed by atoms with E-state index in [0.717, 1.165) is 35.0 Å². The highest BCUT2D eigenvalue weighted by Crippen LogP contribution is 2.28. The van der Waals surface area contributed by atoms with Crippen molar-refractivity contribution in [1.82, 2.24) is 0 Å². The van der Waals surface area contributed by atoms with Gasteiger partial charge in [0.2, 0.25) is 5.91 Å². The number of nitrogens with two attached hydrogens (primary N) is 1. The van der Waals surface area contributed by atoms with E-state index >= 15 is 0 Å². The number of phenolic OH excluding ortho intramolecular Hbond substituents is 1. The Hall–Kier alpha value is -2.35. The number of phenols is 1. The van der Waals surface area contributed by atoms with E-state index in [-0.39, 0.29) is 11.3 Å². The molecule has 2 aromatic carbocycles. The quantitative estimate of drug-likeness (QED) is 0.680. The summed E-state index contributed by atoms with van der Waals surface area (Å²) in [6.45, 7) is 0. The Bertz CT molecular complexity index is 701. The zero-order valence-corrected chi connectivity index (χ0v) is 13.1. The number of amides is 1. The number of nitrogens with one attached hydrogen (secondary N) is 1. The van der Waals surface area contributed by atoms with E-state index in [1.807, 2.05) is 0 Å². The molecule has 0 atom stereocenters. The van der Waals surface area contributed by atoms with Crippen LogP contribution in [-0.2, 0) is 6.18 Å².